The predicted molar refractivity (Wildman–Crippen MR) is 34.3 cm³/mol. The molecule has 0 amide bonds. The van der Waals surface area contributed by atoms with E-state index in [0.29, 0.717) is 6.42 Å². The Hall–Kier alpha value is -0.120. The summed E-state index contributed by atoms with van der Waals surface area (Å²) in [6.45, 7) is 3.53. The van der Waals surface area contributed by atoms with Gasteiger partial charge in [0.25, 0.3) is 0 Å². The summed E-state index contributed by atoms with van der Waals surface area (Å²) in [6.07, 6.45) is 0.698. The van der Waals surface area contributed by atoms with Crippen molar-refractivity contribution in [1.82, 2.24) is 0 Å². The summed E-state index contributed by atoms with van der Waals surface area (Å²) in [5.74, 6) is -0.413. The smallest absolute Gasteiger partial charge is 0.195 e. The lowest BCUT2D eigenvalue weighted by molar-refractivity contribution is 0.526. The van der Waals surface area contributed by atoms with Gasteiger partial charge >= 0.3 is 10.2 Å². The van der Waals surface area contributed by atoms with Gasteiger partial charge in [0, 0.05) is 0 Å². The van der Waals surface area contributed by atoms with Crippen LogP contribution in [0, 0.1) is 5.92 Å². The number of rotatable bonds is 3. The average molecular weight is 154 g/mol. The first-order chi connectivity index (χ1) is 3.95. The molecule has 0 aliphatic heterocycles. The van der Waals surface area contributed by atoms with Crippen LogP contribution in [0.5, 0.6) is 0 Å². The molecule has 9 heavy (non-hydrogen) atoms. The highest BCUT2D eigenvalue weighted by Gasteiger charge is 2.11. The first-order valence-corrected chi connectivity index (χ1v) is 4.43. The summed E-state index contributed by atoms with van der Waals surface area (Å²) in [6, 6.07) is 0. The molecule has 1 atom stereocenters. The molecule has 0 fully saturated rings. The Morgan fingerprint density at radius 2 is 2.00 bits per heavy atom. The third-order valence-corrected chi connectivity index (χ3v) is 2.15. The standard InChI is InChI=1S/C5H11FO2S/c1-3-5(2)4-9(6,7)8/h5H,3-4H2,1-2H3/t5-/m0/s1. The van der Waals surface area contributed by atoms with Crippen molar-refractivity contribution in [2.45, 2.75) is 20.3 Å². The average Bonchev–Trinajstić information content (AvgIpc) is 1.62. The second-order valence-corrected chi connectivity index (χ2v) is 3.63. The largest absolute Gasteiger partial charge is 0.302 e. The summed E-state index contributed by atoms with van der Waals surface area (Å²) in [5, 5.41) is 0. The van der Waals surface area contributed by atoms with Crippen LogP contribution in [-0.2, 0) is 10.2 Å². The van der Waals surface area contributed by atoms with Crippen molar-refractivity contribution in [2.24, 2.45) is 5.92 Å². The maximum absolute atomic E-state index is 11.8. The van der Waals surface area contributed by atoms with Gasteiger partial charge in [0.15, 0.2) is 0 Å². The highest BCUT2D eigenvalue weighted by atomic mass is 32.3. The lowest BCUT2D eigenvalue weighted by Crippen LogP contribution is -2.07. The maximum atomic E-state index is 11.8. The lowest BCUT2D eigenvalue weighted by Gasteiger charge is -2.01. The monoisotopic (exact) mass is 154 g/mol. The van der Waals surface area contributed by atoms with Crippen molar-refractivity contribution in [3.05, 3.63) is 0 Å². The molecular weight excluding hydrogens is 143 g/mol. The minimum absolute atomic E-state index is 0.0694. The molecule has 4 heteroatoms. The van der Waals surface area contributed by atoms with Crippen molar-refractivity contribution < 1.29 is 12.3 Å². The van der Waals surface area contributed by atoms with Gasteiger partial charge in [-0.3, -0.25) is 0 Å². The first kappa shape index (κ1) is 8.88. The summed E-state index contributed by atoms with van der Waals surface area (Å²) in [5.41, 5.74) is 0. The third-order valence-electron chi connectivity index (χ3n) is 1.18. The molecular formula is C5H11FO2S. The van der Waals surface area contributed by atoms with E-state index >= 15 is 0 Å². The van der Waals surface area contributed by atoms with Crippen LogP contribution in [0.3, 0.4) is 0 Å². The molecule has 0 saturated carbocycles. The number of hydrogen-bond donors (Lipinski definition) is 0. The van der Waals surface area contributed by atoms with E-state index in [1.165, 1.54) is 0 Å². The molecule has 0 aromatic heterocycles. The van der Waals surface area contributed by atoms with E-state index in [1.807, 2.05) is 6.92 Å². The molecule has 0 aliphatic rings. The zero-order valence-corrected chi connectivity index (χ0v) is 6.41. The van der Waals surface area contributed by atoms with E-state index < -0.39 is 10.2 Å². The summed E-state index contributed by atoms with van der Waals surface area (Å²) >= 11 is 0. The van der Waals surface area contributed by atoms with E-state index in [4.69, 9.17) is 0 Å². The fraction of sp³-hybridized carbons (Fsp3) is 1.00. The summed E-state index contributed by atoms with van der Waals surface area (Å²) in [4.78, 5) is 0. The van der Waals surface area contributed by atoms with Crippen LogP contribution in [0.2, 0.25) is 0 Å². The molecule has 56 valence electrons. The van der Waals surface area contributed by atoms with Gasteiger partial charge in [0.1, 0.15) is 0 Å². The van der Waals surface area contributed by atoms with E-state index in [0.717, 1.165) is 0 Å². The van der Waals surface area contributed by atoms with Gasteiger partial charge in [-0.05, 0) is 5.92 Å². The molecule has 0 aromatic carbocycles. The zero-order valence-electron chi connectivity index (χ0n) is 5.59. The Morgan fingerprint density at radius 1 is 1.56 bits per heavy atom. The maximum Gasteiger partial charge on any atom is 0.302 e. The Kier molecular flexibility index (Phi) is 3.11. The van der Waals surface area contributed by atoms with Gasteiger partial charge in [-0.15, -0.1) is 3.89 Å². The van der Waals surface area contributed by atoms with Crippen molar-refractivity contribution in [3.63, 3.8) is 0 Å². The van der Waals surface area contributed by atoms with Crippen molar-refractivity contribution in [2.75, 3.05) is 5.75 Å². The lowest BCUT2D eigenvalue weighted by atomic mass is 10.2. The normalized spacial score (nSPS) is 15.4. The van der Waals surface area contributed by atoms with E-state index in [-0.39, 0.29) is 11.7 Å². The highest BCUT2D eigenvalue weighted by Crippen LogP contribution is 2.05. The van der Waals surface area contributed by atoms with Gasteiger partial charge in [-0.25, -0.2) is 0 Å². The predicted octanol–water partition coefficient (Wildman–Crippen LogP) is 1.33. The first-order valence-electron chi connectivity index (χ1n) is 2.88. The molecule has 0 aromatic rings. The van der Waals surface area contributed by atoms with Crippen LogP contribution in [0.15, 0.2) is 0 Å². The third kappa shape index (κ3) is 5.76. The molecule has 0 aliphatic carbocycles. The van der Waals surface area contributed by atoms with Crippen molar-refractivity contribution in [1.29, 1.82) is 0 Å². The van der Waals surface area contributed by atoms with Crippen LogP contribution in [0.1, 0.15) is 20.3 Å². The molecule has 0 radical (unpaired) electrons. The highest BCUT2D eigenvalue weighted by molar-refractivity contribution is 7.86. The Balaban J connectivity index is 3.75. The molecule has 2 nitrogen and oxygen atoms in total. The summed E-state index contributed by atoms with van der Waals surface area (Å²) in [7, 11) is -4.24. The summed E-state index contributed by atoms with van der Waals surface area (Å²) < 4.78 is 31.7. The van der Waals surface area contributed by atoms with Gasteiger partial charge in [-0.2, -0.15) is 8.42 Å². The Morgan fingerprint density at radius 3 is 2.11 bits per heavy atom. The topological polar surface area (TPSA) is 34.1 Å². The molecule has 0 heterocycles. The second kappa shape index (κ2) is 3.15. The number of hydrogen-bond acceptors (Lipinski definition) is 2. The molecule has 0 N–H and O–H groups in total. The Labute approximate surface area is 55.3 Å². The molecule has 0 unspecified atom stereocenters. The minimum Gasteiger partial charge on any atom is -0.195 e. The molecule has 0 spiro atoms. The van der Waals surface area contributed by atoms with Gasteiger partial charge in [0.2, 0.25) is 0 Å². The van der Waals surface area contributed by atoms with E-state index in [1.54, 1.807) is 6.92 Å². The molecule has 0 rings (SSSR count). The van der Waals surface area contributed by atoms with Crippen LogP contribution in [-0.4, -0.2) is 14.2 Å². The van der Waals surface area contributed by atoms with Crippen LogP contribution in [0.25, 0.3) is 0 Å². The van der Waals surface area contributed by atoms with Crippen LogP contribution in [0.4, 0.5) is 3.89 Å². The van der Waals surface area contributed by atoms with Gasteiger partial charge < -0.3 is 0 Å². The van der Waals surface area contributed by atoms with Gasteiger partial charge in [0.05, 0.1) is 5.75 Å². The minimum atomic E-state index is -4.24. The zero-order chi connectivity index (χ0) is 7.49. The van der Waals surface area contributed by atoms with E-state index in [2.05, 4.69) is 0 Å². The van der Waals surface area contributed by atoms with Crippen LogP contribution >= 0.6 is 0 Å². The molecule has 0 bridgehead atoms. The van der Waals surface area contributed by atoms with Crippen LogP contribution < -0.4 is 0 Å². The van der Waals surface area contributed by atoms with Gasteiger partial charge in [-0.1, -0.05) is 20.3 Å². The SMILES string of the molecule is CC[C@H](C)CS(=O)(=O)F. The number of halogens is 1. The fourth-order valence-electron chi connectivity index (χ4n) is 0.458. The van der Waals surface area contributed by atoms with Crippen molar-refractivity contribution in [3.8, 4) is 0 Å². The molecule has 0 saturated heterocycles. The van der Waals surface area contributed by atoms with E-state index in [9.17, 15) is 12.3 Å². The quantitative estimate of drug-likeness (QED) is 0.575. The second-order valence-electron chi connectivity index (χ2n) is 2.22. The Bertz CT molecular complexity index is 162. The fourth-order valence-corrected chi connectivity index (χ4v) is 1.37. The van der Waals surface area contributed by atoms with Crippen molar-refractivity contribution >= 4 is 10.2 Å².